The first-order chi connectivity index (χ1) is 8.22. The lowest BCUT2D eigenvalue weighted by molar-refractivity contribution is 0.426. The minimum absolute atomic E-state index is 0.122. The highest BCUT2D eigenvalue weighted by atomic mass is 16.3. The number of furan rings is 1. The molecule has 0 aliphatic rings. The molecular weight excluding hydrogens is 214 g/mol. The molecule has 2 aromatic rings. The lowest BCUT2D eigenvalue weighted by Crippen LogP contribution is -2.19. The summed E-state index contributed by atoms with van der Waals surface area (Å²) in [5, 5.41) is 3.24. The average Bonchev–Trinajstić information content (AvgIpc) is 2.75. The van der Waals surface area contributed by atoms with Crippen molar-refractivity contribution in [2.75, 3.05) is 12.8 Å². The molecule has 90 valence electrons. The molecule has 1 unspecified atom stereocenters. The van der Waals surface area contributed by atoms with E-state index in [1.54, 1.807) is 18.7 Å². The molecule has 0 bridgehead atoms. The zero-order chi connectivity index (χ0) is 12.3. The highest BCUT2D eigenvalue weighted by Gasteiger charge is 2.16. The van der Waals surface area contributed by atoms with Crippen molar-refractivity contribution >= 4 is 5.69 Å². The van der Waals surface area contributed by atoms with Gasteiger partial charge in [-0.05, 0) is 43.7 Å². The first-order valence-corrected chi connectivity index (χ1v) is 5.62. The second kappa shape index (κ2) is 5.01. The van der Waals surface area contributed by atoms with Crippen LogP contribution in [0.15, 0.2) is 35.2 Å². The highest BCUT2D eigenvalue weighted by molar-refractivity contribution is 5.45. The molecule has 17 heavy (non-hydrogen) atoms. The summed E-state index contributed by atoms with van der Waals surface area (Å²) >= 11 is 0. The summed E-state index contributed by atoms with van der Waals surface area (Å²) in [6.45, 7) is 2.04. The summed E-state index contributed by atoms with van der Waals surface area (Å²) in [7, 11) is 1.92. The van der Waals surface area contributed by atoms with Gasteiger partial charge in [-0.25, -0.2) is 0 Å². The number of aromatic nitrogens is 1. The molecule has 2 aromatic heterocycles. The number of hydrogen-bond acceptors (Lipinski definition) is 4. The van der Waals surface area contributed by atoms with Crippen LogP contribution in [0.3, 0.4) is 0 Å². The number of hydrogen-bond donors (Lipinski definition) is 2. The van der Waals surface area contributed by atoms with Crippen LogP contribution in [0, 0.1) is 6.92 Å². The Bertz CT molecular complexity index is 493. The smallest absolute Gasteiger partial charge is 0.123 e. The van der Waals surface area contributed by atoms with Crippen LogP contribution in [0.1, 0.15) is 22.9 Å². The summed E-state index contributed by atoms with van der Waals surface area (Å²) < 4.78 is 5.51. The van der Waals surface area contributed by atoms with E-state index in [0.29, 0.717) is 0 Å². The van der Waals surface area contributed by atoms with E-state index < -0.39 is 0 Å². The standard InChI is InChI=1S/C13H17N3O/c1-9-4-6-17-13(9)12(15-2)7-10-8-16-5-3-11(10)14/h3-6,8,12,15H,7H2,1-2H3,(H2,14,16). The van der Waals surface area contributed by atoms with Crippen molar-refractivity contribution in [1.82, 2.24) is 10.3 Å². The number of nitrogens with two attached hydrogens (primary N) is 1. The second-order valence-corrected chi connectivity index (χ2v) is 4.09. The Kier molecular flexibility index (Phi) is 3.44. The van der Waals surface area contributed by atoms with E-state index in [0.717, 1.165) is 29.0 Å². The van der Waals surface area contributed by atoms with E-state index >= 15 is 0 Å². The summed E-state index contributed by atoms with van der Waals surface area (Å²) in [5.74, 6) is 0.954. The van der Waals surface area contributed by atoms with Gasteiger partial charge in [-0.15, -0.1) is 0 Å². The van der Waals surface area contributed by atoms with E-state index in [1.807, 2.05) is 26.1 Å². The number of likely N-dealkylation sites (N-methyl/N-ethyl adjacent to an activating group) is 1. The molecule has 0 saturated carbocycles. The van der Waals surface area contributed by atoms with Gasteiger partial charge in [0, 0.05) is 18.1 Å². The highest BCUT2D eigenvalue weighted by Crippen LogP contribution is 2.24. The van der Waals surface area contributed by atoms with Gasteiger partial charge in [0.1, 0.15) is 5.76 Å². The van der Waals surface area contributed by atoms with Crippen molar-refractivity contribution < 1.29 is 4.42 Å². The number of aryl methyl sites for hydroxylation is 1. The fraction of sp³-hybridized carbons (Fsp3) is 0.308. The van der Waals surface area contributed by atoms with Crippen LogP contribution < -0.4 is 11.1 Å². The molecule has 0 aromatic carbocycles. The van der Waals surface area contributed by atoms with Crippen LogP contribution in [0.2, 0.25) is 0 Å². The topological polar surface area (TPSA) is 64.1 Å². The van der Waals surface area contributed by atoms with Crippen molar-refractivity contribution in [3.05, 3.63) is 47.7 Å². The maximum Gasteiger partial charge on any atom is 0.123 e. The fourth-order valence-corrected chi connectivity index (χ4v) is 1.90. The Labute approximate surface area is 101 Å². The predicted octanol–water partition coefficient (Wildman–Crippen LogP) is 2.07. The van der Waals surface area contributed by atoms with Crippen LogP contribution in [-0.4, -0.2) is 12.0 Å². The molecule has 0 aliphatic carbocycles. The Morgan fingerprint density at radius 3 is 2.88 bits per heavy atom. The summed E-state index contributed by atoms with van der Waals surface area (Å²) in [4.78, 5) is 4.10. The molecule has 2 heterocycles. The van der Waals surface area contributed by atoms with Crippen LogP contribution in [0.25, 0.3) is 0 Å². The van der Waals surface area contributed by atoms with Crippen LogP contribution in [0.5, 0.6) is 0 Å². The first-order valence-electron chi connectivity index (χ1n) is 5.62. The normalized spacial score (nSPS) is 12.6. The average molecular weight is 231 g/mol. The Balaban J connectivity index is 2.22. The second-order valence-electron chi connectivity index (χ2n) is 4.09. The van der Waals surface area contributed by atoms with E-state index in [1.165, 1.54) is 0 Å². The quantitative estimate of drug-likeness (QED) is 0.845. The third kappa shape index (κ3) is 2.47. The molecule has 0 fully saturated rings. The lowest BCUT2D eigenvalue weighted by Gasteiger charge is -2.15. The lowest BCUT2D eigenvalue weighted by atomic mass is 10.0. The molecule has 0 aliphatic heterocycles. The van der Waals surface area contributed by atoms with E-state index in [2.05, 4.69) is 10.3 Å². The molecule has 0 radical (unpaired) electrons. The predicted molar refractivity (Wildman–Crippen MR) is 67.6 cm³/mol. The van der Waals surface area contributed by atoms with Crippen LogP contribution in [-0.2, 0) is 6.42 Å². The van der Waals surface area contributed by atoms with Gasteiger partial charge in [-0.1, -0.05) is 0 Å². The number of pyridine rings is 1. The van der Waals surface area contributed by atoms with Gasteiger partial charge in [0.2, 0.25) is 0 Å². The molecule has 0 spiro atoms. The van der Waals surface area contributed by atoms with E-state index in [9.17, 15) is 0 Å². The minimum atomic E-state index is 0.122. The zero-order valence-corrected chi connectivity index (χ0v) is 10.1. The van der Waals surface area contributed by atoms with Crippen molar-refractivity contribution in [2.24, 2.45) is 0 Å². The Morgan fingerprint density at radius 1 is 1.47 bits per heavy atom. The van der Waals surface area contributed by atoms with E-state index in [-0.39, 0.29) is 6.04 Å². The molecule has 4 nitrogen and oxygen atoms in total. The molecule has 3 N–H and O–H groups in total. The summed E-state index contributed by atoms with van der Waals surface area (Å²) in [6, 6.07) is 3.90. The number of nitrogen functional groups attached to an aromatic ring is 1. The number of nitrogens with zero attached hydrogens (tertiary/aromatic N) is 1. The maximum absolute atomic E-state index is 5.92. The van der Waals surface area contributed by atoms with E-state index in [4.69, 9.17) is 10.2 Å². The molecule has 4 heteroatoms. The number of rotatable bonds is 4. The van der Waals surface area contributed by atoms with Gasteiger partial charge >= 0.3 is 0 Å². The van der Waals surface area contributed by atoms with Crippen molar-refractivity contribution in [3.8, 4) is 0 Å². The van der Waals surface area contributed by atoms with Gasteiger partial charge in [0.05, 0.1) is 12.3 Å². The Hall–Kier alpha value is -1.81. The largest absolute Gasteiger partial charge is 0.467 e. The van der Waals surface area contributed by atoms with Crippen LogP contribution in [0.4, 0.5) is 5.69 Å². The molecule has 0 saturated heterocycles. The minimum Gasteiger partial charge on any atom is -0.467 e. The Morgan fingerprint density at radius 2 is 2.29 bits per heavy atom. The summed E-state index contributed by atoms with van der Waals surface area (Å²) in [5.41, 5.74) is 8.86. The zero-order valence-electron chi connectivity index (χ0n) is 10.1. The molecule has 2 rings (SSSR count). The van der Waals surface area contributed by atoms with Gasteiger partial charge in [-0.2, -0.15) is 0 Å². The third-order valence-electron chi connectivity index (χ3n) is 2.93. The molecular formula is C13H17N3O. The number of nitrogens with one attached hydrogen (secondary N) is 1. The van der Waals surface area contributed by atoms with Crippen LogP contribution >= 0.6 is 0 Å². The van der Waals surface area contributed by atoms with Crippen molar-refractivity contribution in [1.29, 1.82) is 0 Å². The van der Waals surface area contributed by atoms with Gasteiger partial charge in [-0.3, -0.25) is 4.98 Å². The monoisotopic (exact) mass is 231 g/mol. The maximum atomic E-state index is 5.92. The fourth-order valence-electron chi connectivity index (χ4n) is 1.90. The SMILES string of the molecule is CNC(Cc1cnccc1N)c1occc1C. The van der Waals surface area contributed by atoms with Crippen molar-refractivity contribution in [2.45, 2.75) is 19.4 Å². The van der Waals surface area contributed by atoms with Gasteiger partial charge in [0.25, 0.3) is 0 Å². The molecule has 1 atom stereocenters. The summed E-state index contributed by atoms with van der Waals surface area (Å²) in [6.07, 6.45) is 5.98. The van der Waals surface area contributed by atoms with Crippen molar-refractivity contribution in [3.63, 3.8) is 0 Å². The third-order valence-corrected chi connectivity index (χ3v) is 2.93. The van der Waals surface area contributed by atoms with Gasteiger partial charge in [0.15, 0.2) is 0 Å². The van der Waals surface area contributed by atoms with Gasteiger partial charge < -0.3 is 15.5 Å². The first kappa shape index (κ1) is 11.7. The number of anilines is 1. The molecule has 0 amide bonds.